The van der Waals surface area contributed by atoms with Gasteiger partial charge >= 0.3 is 0 Å². The third-order valence-corrected chi connectivity index (χ3v) is 10.3. The molecule has 49 heavy (non-hydrogen) atoms. The molecule has 1 aliphatic carbocycles. The first kappa shape index (κ1) is 27.8. The fourth-order valence-electron chi connectivity index (χ4n) is 8.23. The van der Waals surface area contributed by atoms with E-state index in [1.807, 2.05) is 89.5 Å². The largest absolute Gasteiger partial charge is 0.277 e. The quantitative estimate of drug-likeness (QED) is 0.195. The minimum atomic E-state index is -0.348. The van der Waals surface area contributed by atoms with Crippen LogP contribution in [0.2, 0.25) is 0 Å². The highest BCUT2D eigenvalue weighted by Gasteiger charge is 2.39. The van der Waals surface area contributed by atoms with E-state index in [2.05, 4.69) is 79.1 Å². The molecular weight excluding hydrogens is 601 g/mol. The highest BCUT2D eigenvalue weighted by atomic mass is 16.1. The lowest BCUT2D eigenvalue weighted by Crippen LogP contribution is -2.20. The molecule has 232 valence electrons. The molecule has 0 N–H and O–H groups in total. The molecule has 10 rings (SSSR count). The van der Waals surface area contributed by atoms with Crippen molar-refractivity contribution in [2.45, 2.75) is 19.3 Å². The fourth-order valence-corrected chi connectivity index (χ4v) is 8.23. The minimum absolute atomic E-state index is 0.0621. The van der Waals surface area contributed by atoms with Crippen LogP contribution in [0.4, 0.5) is 0 Å². The average Bonchev–Trinajstić information content (AvgIpc) is 3.62. The number of pyridine rings is 1. The van der Waals surface area contributed by atoms with E-state index in [9.17, 15) is 0 Å². The third kappa shape index (κ3) is 3.78. The van der Waals surface area contributed by atoms with Crippen molar-refractivity contribution < 1.29 is 0 Å². The number of nitrogens with zero attached hydrogens (tertiary/aromatic N) is 4. The topological polar surface area (TPSA) is 52.7 Å². The highest BCUT2D eigenvalue weighted by molar-refractivity contribution is 6.20. The van der Waals surface area contributed by atoms with E-state index < -0.39 is 0 Å². The standard InChI is InChI=1S/C44H30N4O/c1-44(2)33-22-12-9-19-29(33)30-25-26-36-37(39(30)44)38-41(32-21-11-14-24-35(32)47(42(38)49)28-17-7-4-8-18-28)48(36)43-45-34-23-13-10-20-31(34)40(46-43)27-15-5-3-6-16-27/h3-26H,1-2H3. The van der Waals surface area contributed by atoms with Crippen molar-refractivity contribution in [1.82, 2.24) is 19.1 Å². The number of hydrogen-bond donors (Lipinski definition) is 0. The van der Waals surface area contributed by atoms with Crippen molar-refractivity contribution in [3.05, 3.63) is 167 Å². The number of aromatic nitrogens is 4. The van der Waals surface area contributed by atoms with Crippen LogP contribution in [-0.2, 0) is 5.41 Å². The molecule has 0 saturated heterocycles. The molecule has 0 fully saturated rings. The van der Waals surface area contributed by atoms with Crippen molar-refractivity contribution in [3.63, 3.8) is 0 Å². The molecule has 3 aromatic heterocycles. The van der Waals surface area contributed by atoms with Crippen LogP contribution in [-0.4, -0.2) is 19.1 Å². The zero-order valence-electron chi connectivity index (χ0n) is 27.1. The maximum Gasteiger partial charge on any atom is 0.265 e. The minimum Gasteiger partial charge on any atom is -0.277 e. The summed E-state index contributed by atoms with van der Waals surface area (Å²) in [6.45, 7) is 4.55. The Bertz CT molecular complexity index is 2870. The molecule has 0 saturated carbocycles. The van der Waals surface area contributed by atoms with Crippen molar-refractivity contribution in [3.8, 4) is 34.0 Å². The SMILES string of the molecule is CC1(C)c2ccccc2-c2ccc3c(c21)c1c(=O)n(-c2ccccc2)c2ccccc2c1n3-c1nc(-c2ccccc2)c2ccccc2n1. The summed E-state index contributed by atoms with van der Waals surface area (Å²) in [5.41, 5.74) is 10.5. The smallest absolute Gasteiger partial charge is 0.265 e. The van der Waals surface area contributed by atoms with E-state index in [0.29, 0.717) is 11.3 Å². The average molecular weight is 631 g/mol. The lowest BCUT2D eigenvalue weighted by Gasteiger charge is -2.22. The molecular formula is C44H30N4O. The van der Waals surface area contributed by atoms with Gasteiger partial charge in [0, 0.05) is 32.8 Å². The first-order chi connectivity index (χ1) is 24.0. The van der Waals surface area contributed by atoms with Crippen LogP contribution in [0.5, 0.6) is 0 Å². The molecule has 5 nitrogen and oxygen atoms in total. The maximum absolute atomic E-state index is 15.3. The van der Waals surface area contributed by atoms with Crippen LogP contribution in [0.25, 0.3) is 77.6 Å². The fraction of sp³-hybridized carbons (Fsp3) is 0.0682. The normalized spacial score (nSPS) is 13.3. The molecule has 6 aromatic carbocycles. The molecule has 0 aliphatic heterocycles. The van der Waals surface area contributed by atoms with Crippen LogP contribution in [0.3, 0.4) is 0 Å². The van der Waals surface area contributed by atoms with Crippen molar-refractivity contribution in [2.75, 3.05) is 0 Å². The Kier molecular flexibility index (Phi) is 5.71. The second-order valence-corrected chi connectivity index (χ2v) is 13.4. The summed E-state index contributed by atoms with van der Waals surface area (Å²) < 4.78 is 4.01. The van der Waals surface area contributed by atoms with Crippen LogP contribution in [0.15, 0.2) is 150 Å². The van der Waals surface area contributed by atoms with Gasteiger partial charge in [-0.15, -0.1) is 0 Å². The summed E-state index contributed by atoms with van der Waals surface area (Å²) >= 11 is 0. The third-order valence-electron chi connectivity index (χ3n) is 10.3. The van der Waals surface area contributed by atoms with Crippen LogP contribution < -0.4 is 5.56 Å². The van der Waals surface area contributed by atoms with Gasteiger partial charge in [0.15, 0.2) is 0 Å². The summed E-state index contributed by atoms with van der Waals surface area (Å²) in [5.74, 6) is 0.535. The van der Waals surface area contributed by atoms with E-state index in [4.69, 9.17) is 9.97 Å². The molecule has 0 unspecified atom stereocenters. The van der Waals surface area contributed by atoms with Gasteiger partial charge in [-0.3, -0.25) is 13.9 Å². The Morgan fingerprint density at radius 2 is 1.22 bits per heavy atom. The van der Waals surface area contributed by atoms with Gasteiger partial charge in [0.25, 0.3) is 5.56 Å². The summed E-state index contributed by atoms with van der Waals surface area (Å²) in [4.78, 5) is 25.9. The number of rotatable bonds is 3. The van der Waals surface area contributed by atoms with Crippen molar-refractivity contribution >= 4 is 43.6 Å². The van der Waals surface area contributed by atoms with E-state index in [-0.39, 0.29) is 11.0 Å². The second kappa shape index (κ2) is 10.1. The van der Waals surface area contributed by atoms with Gasteiger partial charge in [0.05, 0.1) is 33.1 Å². The van der Waals surface area contributed by atoms with Crippen molar-refractivity contribution in [1.29, 1.82) is 0 Å². The van der Waals surface area contributed by atoms with E-state index in [0.717, 1.165) is 66.3 Å². The Morgan fingerprint density at radius 1 is 0.551 bits per heavy atom. The monoisotopic (exact) mass is 630 g/mol. The second-order valence-electron chi connectivity index (χ2n) is 13.4. The molecule has 0 radical (unpaired) electrons. The number of benzene rings is 6. The number of para-hydroxylation sites is 3. The van der Waals surface area contributed by atoms with Gasteiger partial charge in [-0.05, 0) is 52.6 Å². The van der Waals surface area contributed by atoms with Crippen molar-refractivity contribution in [2.24, 2.45) is 0 Å². The lowest BCUT2D eigenvalue weighted by atomic mass is 9.80. The molecule has 1 aliphatic rings. The summed E-state index contributed by atoms with van der Waals surface area (Å²) in [6, 6.07) is 49.6. The molecule has 0 bridgehead atoms. The highest BCUT2D eigenvalue weighted by Crippen LogP contribution is 2.53. The maximum atomic E-state index is 15.3. The summed E-state index contributed by atoms with van der Waals surface area (Å²) in [7, 11) is 0. The van der Waals surface area contributed by atoms with Crippen LogP contribution in [0, 0.1) is 0 Å². The van der Waals surface area contributed by atoms with E-state index >= 15 is 4.79 Å². The Hall–Kier alpha value is -6.33. The Labute approximate surface area is 282 Å². The van der Waals surface area contributed by atoms with Gasteiger partial charge in [-0.2, -0.15) is 0 Å². The summed E-state index contributed by atoms with van der Waals surface area (Å²) in [6.07, 6.45) is 0. The molecule has 0 spiro atoms. The van der Waals surface area contributed by atoms with Gasteiger partial charge in [0.1, 0.15) is 0 Å². The first-order valence-corrected chi connectivity index (χ1v) is 16.7. The number of hydrogen-bond acceptors (Lipinski definition) is 3. The predicted octanol–water partition coefficient (Wildman–Crippen LogP) is 10.0. The van der Waals surface area contributed by atoms with Crippen LogP contribution in [0.1, 0.15) is 25.0 Å². The van der Waals surface area contributed by atoms with E-state index in [1.165, 1.54) is 11.1 Å². The first-order valence-electron chi connectivity index (χ1n) is 16.7. The van der Waals surface area contributed by atoms with Crippen LogP contribution >= 0.6 is 0 Å². The number of fused-ring (bicyclic) bond motifs is 10. The van der Waals surface area contributed by atoms with Gasteiger partial charge < -0.3 is 0 Å². The van der Waals surface area contributed by atoms with E-state index in [1.54, 1.807) is 0 Å². The zero-order valence-corrected chi connectivity index (χ0v) is 27.1. The van der Waals surface area contributed by atoms with Gasteiger partial charge in [-0.25, -0.2) is 9.97 Å². The van der Waals surface area contributed by atoms with Gasteiger partial charge in [0.2, 0.25) is 5.95 Å². The van der Waals surface area contributed by atoms with Gasteiger partial charge in [-0.1, -0.05) is 129 Å². The molecule has 0 amide bonds. The molecule has 9 aromatic rings. The molecule has 0 atom stereocenters. The zero-order chi connectivity index (χ0) is 32.9. The predicted molar refractivity (Wildman–Crippen MR) is 200 cm³/mol. The Balaban J connectivity index is 1.45. The lowest BCUT2D eigenvalue weighted by molar-refractivity contribution is 0.666. The molecule has 3 heterocycles. The Morgan fingerprint density at radius 3 is 2.04 bits per heavy atom. The summed E-state index contributed by atoms with van der Waals surface area (Å²) in [5, 5.41) is 3.56. The molecule has 5 heteroatoms.